The molecule has 0 bridgehead atoms. The van der Waals surface area contributed by atoms with Crippen molar-refractivity contribution in [2.75, 3.05) is 12.4 Å². The molecule has 84 valence electrons. The summed E-state index contributed by atoms with van der Waals surface area (Å²) in [5, 5.41) is 3.41. The molecule has 0 spiro atoms. The molecule has 0 amide bonds. The van der Waals surface area contributed by atoms with E-state index in [4.69, 9.17) is 4.74 Å². The summed E-state index contributed by atoms with van der Waals surface area (Å²) >= 11 is 0. The van der Waals surface area contributed by atoms with E-state index in [-0.39, 0.29) is 0 Å². The van der Waals surface area contributed by atoms with Gasteiger partial charge in [-0.2, -0.15) is 0 Å². The van der Waals surface area contributed by atoms with E-state index in [1.807, 2.05) is 12.1 Å². The van der Waals surface area contributed by atoms with Crippen LogP contribution in [0, 0.1) is 5.92 Å². The quantitative estimate of drug-likeness (QED) is 0.807. The minimum Gasteiger partial charge on any atom is -0.480 e. The van der Waals surface area contributed by atoms with E-state index in [0.717, 1.165) is 12.1 Å². The lowest BCUT2D eigenvalue weighted by Crippen LogP contribution is -2.18. The average molecular weight is 208 g/mol. The molecule has 1 aromatic heterocycles. The van der Waals surface area contributed by atoms with Gasteiger partial charge in [0.05, 0.1) is 12.8 Å². The molecule has 1 atom stereocenters. The van der Waals surface area contributed by atoms with Gasteiger partial charge in [-0.25, -0.2) is 4.98 Å². The Morgan fingerprint density at radius 1 is 1.40 bits per heavy atom. The maximum Gasteiger partial charge on any atom is 0.237 e. The SMILES string of the molecule is COc1ncccc1N[C@@H](C)CC(C)C. The number of methoxy groups -OCH3 is 1. The first-order valence-electron chi connectivity index (χ1n) is 5.39. The van der Waals surface area contributed by atoms with Crippen molar-refractivity contribution in [1.82, 2.24) is 4.98 Å². The van der Waals surface area contributed by atoms with Gasteiger partial charge in [-0.15, -0.1) is 0 Å². The lowest BCUT2D eigenvalue weighted by Gasteiger charge is -2.18. The molecule has 0 aliphatic heterocycles. The molecular formula is C12H20N2O. The Hall–Kier alpha value is -1.25. The fourth-order valence-electron chi connectivity index (χ4n) is 1.69. The van der Waals surface area contributed by atoms with Crippen molar-refractivity contribution < 1.29 is 4.74 Å². The smallest absolute Gasteiger partial charge is 0.237 e. The van der Waals surface area contributed by atoms with Gasteiger partial charge in [-0.05, 0) is 31.4 Å². The molecule has 0 saturated carbocycles. The van der Waals surface area contributed by atoms with Crippen LogP contribution in [0.4, 0.5) is 5.69 Å². The molecule has 3 heteroatoms. The summed E-state index contributed by atoms with van der Waals surface area (Å²) in [7, 11) is 1.64. The van der Waals surface area contributed by atoms with Crippen molar-refractivity contribution in [3.8, 4) is 5.88 Å². The van der Waals surface area contributed by atoms with E-state index >= 15 is 0 Å². The molecule has 15 heavy (non-hydrogen) atoms. The van der Waals surface area contributed by atoms with Gasteiger partial charge in [0, 0.05) is 12.2 Å². The Balaban J connectivity index is 2.63. The van der Waals surface area contributed by atoms with E-state index in [1.165, 1.54) is 0 Å². The molecule has 3 nitrogen and oxygen atoms in total. The summed E-state index contributed by atoms with van der Waals surface area (Å²) in [6.07, 6.45) is 2.87. The summed E-state index contributed by atoms with van der Waals surface area (Å²) < 4.78 is 5.18. The van der Waals surface area contributed by atoms with E-state index in [9.17, 15) is 0 Å². The molecule has 1 heterocycles. The Labute approximate surface area is 91.9 Å². The number of anilines is 1. The molecule has 0 unspecified atom stereocenters. The van der Waals surface area contributed by atoms with Gasteiger partial charge in [0.2, 0.25) is 5.88 Å². The van der Waals surface area contributed by atoms with Crippen molar-refractivity contribution >= 4 is 5.69 Å². The zero-order chi connectivity index (χ0) is 11.3. The molecular weight excluding hydrogens is 188 g/mol. The van der Waals surface area contributed by atoms with Crippen LogP contribution in [0.2, 0.25) is 0 Å². The highest BCUT2D eigenvalue weighted by Crippen LogP contribution is 2.21. The molecule has 1 aromatic rings. The van der Waals surface area contributed by atoms with Crippen LogP contribution in [0.25, 0.3) is 0 Å². The van der Waals surface area contributed by atoms with E-state index < -0.39 is 0 Å². The molecule has 0 aromatic carbocycles. The summed E-state index contributed by atoms with van der Waals surface area (Å²) in [5.74, 6) is 1.35. The van der Waals surface area contributed by atoms with Crippen molar-refractivity contribution in [3.63, 3.8) is 0 Å². The fraction of sp³-hybridized carbons (Fsp3) is 0.583. The number of ether oxygens (including phenoxy) is 1. The van der Waals surface area contributed by atoms with Crippen LogP contribution in [0.3, 0.4) is 0 Å². The number of hydrogen-bond donors (Lipinski definition) is 1. The third-order valence-electron chi connectivity index (χ3n) is 2.19. The first kappa shape index (κ1) is 11.8. The summed E-state index contributed by atoms with van der Waals surface area (Å²) in [6, 6.07) is 4.33. The van der Waals surface area contributed by atoms with Crippen LogP contribution in [0.15, 0.2) is 18.3 Å². The first-order chi connectivity index (χ1) is 7.13. The Kier molecular flexibility index (Phi) is 4.40. The molecule has 1 N–H and O–H groups in total. The van der Waals surface area contributed by atoms with Crippen LogP contribution in [-0.2, 0) is 0 Å². The molecule has 0 saturated heterocycles. The molecule has 0 fully saturated rings. The van der Waals surface area contributed by atoms with Gasteiger partial charge < -0.3 is 10.1 Å². The molecule has 1 rings (SSSR count). The number of pyridine rings is 1. The highest BCUT2D eigenvalue weighted by atomic mass is 16.5. The van der Waals surface area contributed by atoms with Gasteiger partial charge in [-0.1, -0.05) is 13.8 Å². The standard InChI is InChI=1S/C12H20N2O/c1-9(2)8-10(3)14-11-6-5-7-13-12(11)15-4/h5-7,9-10,14H,8H2,1-4H3/t10-/m0/s1. The highest BCUT2D eigenvalue weighted by molar-refractivity contribution is 5.52. The van der Waals surface area contributed by atoms with E-state index in [1.54, 1.807) is 13.3 Å². The van der Waals surface area contributed by atoms with Crippen LogP contribution in [0.5, 0.6) is 5.88 Å². The average Bonchev–Trinajstić information content (AvgIpc) is 2.17. The number of aromatic nitrogens is 1. The Morgan fingerprint density at radius 3 is 2.73 bits per heavy atom. The third-order valence-corrected chi connectivity index (χ3v) is 2.19. The van der Waals surface area contributed by atoms with Crippen LogP contribution >= 0.6 is 0 Å². The van der Waals surface area contributed by atoms with E-state index in [0.29, 0.717) is 17.8 Å². The molecule has 0 aliphatic carbocycles. The normalized spacial score (nSPS) is 12.6. The summed E-state index contributed by atoms with van der Waals surface area (Å²) in [5.41, 5.74) is 0.966. The van der Waals surface area contributed by atoms with Crippen LogP contribution in [-0.4, -0.2) is 18.1 Å². The lowest BCUT2D eigenvalue weighted by molar-refractivity contribution is 0.398. The summed E-state index contributed by atoms with van der Waals surface area (Å²) in [4.78, 5) is 4.14. The van der Waals surface area contributed by atoms with Gasteiger partial charge in [0.1, 0.15) is 0 Å². The predicted molar refractivity (Wildman–Crippen MR) is 63.3 cm³/mol. The van der Waals surface area contributed by atoms with Crippen LogP contribution in [0.1, 0.15) is 27.2 Å². The number of nitrogens with zero attached hydrogens (tertiary/aromatic N) is 1. The minimum atomic E-state index is 0.433. The maximum atomic E-state index is 5.18. The van der Waals surface area contributed by atoms with Crippen molar-refractivity contribution in [2.45, 2.75) is 33.2 Å². The second kappa shape index (κ2) is 5.59. The fourth-order valence-corrected chi connectivity index (χ4v) is 1.69. The van der Waals surface area contributed by atoms with Crippen molar-refractivity contribution in [3.05, 3.63) is 18.3 Å². The van der Waals surface area contributed by atoms with Gasteiger partial charge in [0.25, 0.3) is 0 Å². The maximum absolute atomic E-state index is 5.18. The minimum absolute atomic E-state index is 0.433. The highest BCUT2D eigenvalue weighted by Gasteiger charge is 2.08. The lowest BCUT2D eigenvalue weighted by atomic mass is 10.1. The Bertz CT molecular complexity index is 299. The monoisotopic (exact) mass is 208 g/mol. The second-order valence-corrected chi connectivity index (χ2v) is 4.24. The Morgan fingerprint density at radius 2 is 2.13 bits per heavy atom. The van der Waals surface area contributed by atoms with Crippen molar-refractivity contribution in [2.24, 2.45) is 5.92 Å². The van der Waals surface area contributed by atoms with E-state index in [2.05, 4.69) is 31.1 Å². The molecule has 0 aliphatic rings. The van der Waals surface area contributed by atoms with Crippen molar-refractivity contribution in [1.29, 1.82) is 0 Å². The zero-order valence-corrected chi connectivity index (χ0v) is 9.95. The number of nitrogens with one attached hydrogen (secondary N) is 1. The van der Waals surface area contributed by atoms with Gasteiger partial charge in [0.15, 0.2) is 0 Å². The second-order valence-electron chi connectivity index (χ2n) is 4.24. The van der Waals surface area contributed by atoms with Gasteiger partial charge in [-0.3, -0.25) is 0 Å². The zero-order valence-electron chi connectivity index (χ0n) is 9.95. The molecule has 0 radical (unpaired) electrons. The number of rotatable bonds is 5. The third kappa shape index (κ3) is 3.78. The van der Waals surface area contributed by atoms with Gasteiger partial charge >= 0.3 is 0 Å². The number of hydrogen-bond acceptors (Lipinski definition) is 3. The predicted octanol–water partition coefficient (Wildman–Crippen LogP) is 2.94. The summed E-state index contributed by atoms with van der Waals surface area (Å²) in [6.45, 7) is 6.61. The first-order valence-corrected chi connectivity index (χ1v) is 5.39. The largest absolute Gasteiger partial charge is 0.480 e. The topological polar surface area (TPSA) is 34.1 Å². The van der Waals surface area contributed by atoms with Crippen LogP contribution < -0.4 is 10.1 Å².